The summed E-state index contributed by atoms with van der Waals surface area (Å²) in [6, 6.07) is 3.89. The number of aromatic nitrogens is 2. The van der Waals surface area contributed by atoms with Gasteiger partial charge in [-0.05, 0) is 6.42 Å². The van der Waals surface area contributed by atoms with Gasteiger partial charge in [-0.3, -0.25) is 0 Å². The van der Waals surface area contributed by atoms with Crippen molar-refractivity contribution in [1.29, 1.82) is 5.26 Å². The van der Waals surface area contributed by atoms with Crippen LogP contribution in [0.4, 0.5) is 5.82 Å². The summed E-state index contributed by atoms with van der Waals surface area (Å²) >= 11 is 0. The Hall–Kier alpha value is -1.67. The molecule has 1 aliphatic rings. The first-order chi connectivity index (χ1) is 7.40. The molecule has 15 heavy (non-hydrogen) atoms. The molecule has 5 heteroatoms. The Labute approximate surface area is 88.1 Å². The van der Waals surface area contributed by atoms with Crippen LogP contribution in [0.2, 0.25) is 0 Å². The van der Waals surface area contributed by atoms with Crippen molar-refractivity contribution in [2.75, 3.05) is 25.1 Å². The second-order valence-corrected chi connectivity index (χ2v) is 3.40. The summed E-state index contributed by atoms with van der Waals surface area (Å²) < 4.78 is 5.30. The molecule has 0 radical (unpaired) electrons. The number of anilines is 1. The van der Waals surface area contributed by atoms with E-state index < -0.39 is 0 Å². The maximum absolute atomic E-state index is 8.43. The van der Waals surface area contributed by atoms with Crippen LogP contribution >= 0.6 is 0 Å². The number of hydrogen-bond donors (Lipinski definition) is 1. The lowest BCUT2D eigenvalue weighted by atomic mass is 10.1. The Morgan fingerprint density at radius 1 is 1.60 bits per heavy atom. The van der Waals surface area contributed by atoms with Gasteiger partial charge in [0.15, 0.2) is 0 Å². The van der Waals surface area contributed by atoms with Gasteiger partial charge in [-0.15, -0.1) is 0 Å². The van der Waals surface area contributed by atoms with E-state index in [-0.39, 0.29) is 6.54 Å². The molecular weight excluding hydrogens is 192 g/mol. The van der Waals surface area contributed by atoms with Crippen molar-refractivity contribution in [3.63, 3.8) is 0 Å². The zero-order valence-electron chi connectivity index (χ0n) is 8.31. The van der Waals surface area contributed by atoms with Crippen LogP contribution in [0.3, 0.4) is 0 Å². The van der Waals surface area contributed by atoms with Crippen molar-refractivity contribution in [1.82, 2.24) is 9.97 Å². The Morgan fingerprint density at radius 3 is 3.27 bits per heavy atom. The highest BCUT2D eigenvalue weighted by Crippen LogP contribution is 2.24. The third-order valence-corrected chi connectivity index (χ3v) is 2.38. The second kappa shape index (κ2) is 4.71. The topological polar surface area (TPSA) is 70.8 Å². The highest BCUT2D eigenvalue weighted by atomic mass is 16.5. The highest BCUT2D eigenvalue weighted by Gasteiger charge is 2.19. The number of rotatable bonds is 3. The minimum absolute atomic E-state index is 0.262. The normalized spacial score (nSPS) is 19.8. The third-order valence-electron chi connectivity index (χ3n) is 2.38. The quantitative estimate of drug-likeness (QED) is 0.741. The Kier molecular flexibility index (Phi) is 3.10. The maximum atomic E-state index is 8.43. The summed E-state index contributed by atoms with van der Waals surface area (Å²) in [5.41, 5.74) is 0.989. The molecule has 0 aliphatic carbocycles. The van der Waals surface area contributed by atoms with Crippen molar-refractivity contribution in [2.24, 2.45) is 0 Å². The van der Waals surface area contributed by atoms with Crippen LogP contribution in [0.15, 0.2) is 12.4 Å². The van der Waals surface area contributed by atoms with Crippen LogP contribution < -0.4 is 5.32 Å². The largest absolute Gasteiger partial charge is 0.381 e. The molecule has 1 N–H and O–H groups in total. The molecule has 1 aromatic rings. The monoisotopic (exact) mass is 204 g/mol. The molecule has 5 nitrogen and oxygen atoms in total. The zero-order valence-corrected chi connectivity index (χ0v) is 8.31. The molecule has 0 spiro atoms. The van der Waals surface area contributed by atoms with Gasteiger partial charge in [0.2, 0.25) is 0 Å². The Balaban J connectivity index is 2.08. The van der Waals surface area contributed by atoms with Crippen LogP contribution in [0, 0.1) is 11.3 Å². The average molecular weight is 204 g/mol. The van der Waals surface area contributed by atoms with Gasteiger partial charge in [0.05, 0.1) is 18.4 Å². The van der Waals surface area contributed by atoms with E-state index in [4.69, 9.17) is 10.00 Å². The minimum atomic E-state index is 0.262. The van der Waals surface area contributed by atoms with Crippen LogP contribution in [-0.2, 0) is 4.74 Å². The zero-order chi connectivity index (χ0) is 10.5. The summed E-state index contributed by atoms with van der Waals surface area (Å²) in [5.74, 6) is 1.07. The van der Waals surface area contributed by atoms with Gasteiger partial charge >= 0.3 is 0 Å². The first-order valence-corrected chi connectivity index (χ1v) is 4.90. The molecule has 78 valence electrons. The predicted octanol–water partition coefficient (Wildman–Crippen LogP) is 0.916. The minimum Gasteiger partial charge on any atom is -0.381 e. The molecule has 1 saturated heterocycles. The lowest BCUT2D eigenvalue weighted by Crippen LogP contribution is -2.05. The molecule has 1 fully saturated rings. The van der Waals surface area contributed by atoms with Crippen molar-refractivity contribution in [3.05, 3.63) is 18.1 Å². The van der Waals surface area contributed by atoms with Crippen molar-refractivity contribution in [3.8, 4) is 6.07 Å². The third kappa shape index (κ3) is 2.42. The fourth-order valence-electron chi connectivity index (χ4n) is 1.59. The summed E-state index contributed by atoms with van der Waals surface area (Å²) in [6.07, 6.45) is 2.53. The number of nitrogens with zero attached hydrogens (tertiary/aromatic N) is 3. The SMILES string of the molecule is N#CCNc1cc(C2CCOC2)ncn1. The van der Waals surface area contributed by atoms with E-state index in [9.17, 15) is 0 Å². The lowest BCUT2D eigenvalue weighted by Gasteiger charge is -2.07. The molecule has 0 amide bonds. The van der Waals surface area contributed by atoms with Gasteiger partial charge in [0.1, 0.15) is 18.7 Å². The Morgan fingerprint density at radius 2 is 2.53 bits per heavy atom. The maximum Gasteiger partial charge on any atom is 0.130 e. The van der Waals surface area contributed by atoms with Crippen molar-refractivity contribution < 1.29 is 4.74 Å². The van der Waals surface area contributed by atoms with Crippen molar-refractivity contribution >= 4 is 5.82 Å². The molecule has 0 aromatic carbocycles. The summed E-state index contributed by atoms with van der Waals surface area (Å²) in [4.78, 5) is 8.25. The number of hydrogen-bond acceptors (Lipinski definition) is 5. The highest BCUT2D eigenvalue weighted by molar-refractivity contribution is 5.36. The molecule has 0 bridgehead atoms. The van der Waals surface area contributed by atoms with Crippen LogP contribution in [0.5, 0.6) is 0 Å². The summed E-state index contributed by atoms with van der Waals surface area (Å²) in [7, 11) is 0. The first-order valence-electron chi connectivity index (χ1n) is 4.90. The molecule has 0 saturated carbocycles. The number of nitrogens with one attached hydrogen (secondary N) is 1. The molecule has 1 aliphatic heterocycles. The fraction of sp³-hybridized carbons (Fsp3) is 0.500. The van der Waals surface area contributed by atoms with Gasteiger partial charge in [-0.1, -0.05) is 0 Å². The molecule has 1 atom stereocenters. The van der Waals surface area contributed by atoms with E-state index in [1.807, 2.05) is 12.1 Å². The van der Waals surface area contributed by atoms with E-state index >= 15 is 0 Å². The van der Waals surface area contributed by atoms with E-state index in [0.717, 1.165) is 25.3 Å². The molecule has 1 unspecified atom stereocenters. The average Bonchev–Trinajstić information content (AvgIpc) is 2.80. The summed E-state index contributed by atoms with van der Waals surface area (Å²) in [5, 5.41) is 11.3. The fourth-order valence-corrected chi connectivity index (χ4v) is 1.59. The number of ether oxygens (including phenoxy) is 1. The van der Waals surface area contributed by atoms with Gasteiger partial charge in [-0.2, -0.15) is 5.26 Å². The summed E-state index contributed by atoms with van der Waals surface area (Å²) in [6.45, 7) is 1.79. The standard InChI is InChI=1S/C10H12N4O/c11-2-3-12-10-5-9(13-7-14-10)8-1-4-15-6-8/h5,7-8H,1,3-4,6H2,(H,12,13,14). The van der Waals surface area contributed by atoms with Crippen LogP contribution in [0.25, 0.3) is 0 Å². The van der Waals surface area contributed by atoms with Gasteiger partial charge in [-0.25, -0.2) is 9.97 Å². The molecule has 2 rings (SSSR count). The van der Waals surface area contributed by atoms with Gasteiger partial charge < -0.3 is 10.1 Å². The second-order valence-electron chi connectivity index (χ2n) is 3.40. The molecular formula is C10H12N4O. The molecule has 1 aromatic heterocycles. The lowest BCUT2D eigenvalue weighted by molar-refractivity contribution is 0.193. The van der Waals surface area contributed by atoms with Crippen LogP contribution in [-0.4, -0.2) is 29.7 Å². The Bertz CT molecular complexity index is 368. The molecule has 2 heterocycles. The van der Waals surface area contributed by atoms with E-state index in [2.05, 4.69) is 15.3 Å². The smallest absolute Gasteiger partial charge is 0.130 e. The first kappa shape index (κ1) is 9.87. The predicted molar refractivity (Wildman–Crippen MR) is 54.3 cm³/mol. The number of nitriles is 1. The van der Waals surface area contributed by atoms with Crippen LogP contribution in [0.1, 0.15) is 18.0 Å². The van der Waals surface area contributed by atoms with Gasteiger partial charge in [0.25, 0.3) is 0 Å². The van der Waals surface area contributed by atoms with Gasteiger partial charge in [0, 0.05) is 18.6 Å². The van der Waals surface area contributed by atoms with E-state index in [1.165, 1.54) is 6.33 Å². The van der Waals surface area contributed by atoms with Crippen molar-refractivity contribution in [2.45, 2.75) is 12.3 Å². The van der Waals surface area contributed by atoms with E-state index in [1.54, 1.807) is 0 Å². The van der Waals surface area contributed by atoms with E-state index in [0.29, 0.717) is 11.7 Å².